The topological polar surface area (TPSA) is 26.8 Å². The third-order valence-electron chi connectivity index (χ3n) is 4.07. The number of amides is 1. The number of halogens is 2. The number of rotatable bonds is 3. The van der Waals surface area contributed by atoms with Crippen molar-refractivity contribution in [3.8, 4) is 0 Å². The number of likely N-dealkylation sites (tertiary alicyclic amines) is 1. The highest BCUT2D eigenvalue weighted by Crippen LogP contribution is 2.25. The molecule has 2 fully saturated rings. The van der Waals surface area contributed by atoms with Crippen LogP contribution in [0.2, 0.25) is 0 Å². The molecule has 0 spiro atoms. The third-order valence-corrected chi connectivity index (χ3v) is 4.07. The molecule has 2 rings (SSSR count). The van der Waals surface area contributed by atoms with Gasteiger partial charge in [-0.2, -0.15) is 0 Å². The van der Waals surface area contributed by atoms with E-state index in [1.54, 1.807) is 11.0 Å². The van der Waals surface area contributed by atoms with Crippen LogP contribution in [-0.4, -0.2) is 77.9 Å². The zero-order valence-corrected chi connectivity index (χ0v) is 13.1. The summed E-state index contributed by atoms with van der Waals surface area (Å²) in [7, 11) is 0. The molecule has 2 saturated heterocycles. The Morgan fingerprint density at radius 3 is 2.19 bits per heavy atom. The third kappa shape index (κ3) is 4.48. The van der Waals surface area contributed by atoms with Gasteiger partial charge in [-0.1, -0.05) is 6.08 Å². The lowest BCUT2D eigenvalue weighted by Gasteiger charge is -2.42. The van der Waals surface area contributed by atoms with Crippen molar-refractivity contribution in [2.75, 3.05) is 45.8 Å². The molecule has 2 aliphatic heterocycles. The number of hydrogen-bond donors (Lipinski definition) is 0. The molecule has 0 atom stereocenters. The molecule has 0 unspecified atom stereocenters. The smallest absolute Gasteiger partial charge is 0.272 e. The molecule has 0 aromatic carbocycles. The van der Waals surface area contributed by atoms with Crippen LogP contribution in [0.5, 0.6) is 0 Å². The summed E-state index contributed by atoms with van der Waals surface area (Å²) in [6.45, 7) is 9.75. The minimum atomic E-state index is -2.54. The molecular formula is C15H25F2N3O. The van der Waals surface area contributed by atoms with Gasteiger partial charge in [-0.25, -0.2) is 8.78 Å². The SMILES string of the molecule is CC(C)(C)N1CCN(C(=O)/C=C/CN2CC(F)(F)C2)CC1. The standard InChI is InChI=1S/C15H25F2N3O/c1-14(2,3)20-9-7-19(8-10-20)13(21)5-4-6-18-11-15(16,17)12-18/h4-5H,6-12H2,1-3H3/b5-4+. The lowest BCUT2D eigenvalue weighted by Crippen LogP contribution is -2.56. The zero-order valence-electron chi connectivity index (χ0n) is 13.1. The van der Waals surface area contributed by atoms with Gasteiger partial charge in [0.05, 0.1) is 13.1 Å². The summed E-state index contributed by atoms with van der Waals surface area (Å²) in [6.07, 6.45) is 3.21. The van der Waals surface area contributed by atoms with Gasteiger partial charge >= 0.3 is 0 Å². The van der Waals surface area contributed by atoms with E-state index in [0.29, 0.717) is 6.54 Å². The second kappa shape index (κ2) is 6.01. The Morgan fingerprint density at radius 2 is 1.71 bits per heavy atom. The van der Waals surface area contributed by atoms with Gasteiger partial charge in [-0.15, -0.1) is 0 Å². The molecule has 0 aliphatic carbocycles. The summed E-state index contributed by atoms with van der Waals surface area (Å²) in [5, 5.41) is 0. The van der Waals surface area contributed by atoms with Crippen LogP contribution in [0.3, 0.4) is 0 Å². The fraction of sp³-hybridized carbons (Fsp3) is 0.800. The van der Waals surface area contributed by atoms with Gasteiger partial charge < -0.3 is 4.90 Å². The average molecular weight is 301 g/mol. The molecule has 0 N–H and O–H groups in total. The van der Waals surface area contributed by atoms with E-state index >= 15 is 0 Å². The molecule has 21 heavy (non-hydrogen) atoms. The first-order valence-corrected chi connectivity index (χ1v) is 7.48. The fourth-order valence-corrected chi connectivity index (χ4v) is 2.74. The summed E-state index contributed by atoms with van der Waals surface area (Å²) in [5.74, 6) is -2.56. The molecule has 2 aliphatic rings. The van der Waals surface area contributed by atoms with E-state index in [1.165, 1.54) is 6.08 Å². The lowest BCUT2D eigenvalue weighted by molar-refractivity contribution is -0.128. The number of alkyl halides is 2. The molecule has 120 valence electrons. The predicted molar refractivity (Wildman–Crippen MR) is 78.4 cm³/mol. The molecule has 0 saturated carbocycles. The second-order valence-corrected chi connectivity index (χ2v) is 6.91. The van der Waals surface area contributed by atoms with Crippen molar-refractivity contribution in [3.63, 3.8) is 0 Å². The highest BCUT2D eigenvalue weighted by Gasteiger charge is 2.42. The van der Waals surface area contributed by atoms with Crippen LogP contribution in [0.15, 0.2) is 12.2 Å². The van der Waals surface area contributed by atoms with Gasteiger partial charge in [0.1, 0.15) is 0 Å². The first kappa shape index (κ1) is 16.4. The van der Waals surface area contributed by atoms with Crippen molar-refractivity contribution in [1.29, 1.82) is 0 Å². The minimum Gasteiger partial charge on any atom is -0.337 e. The van der Waals surface area contributed by atoms with Crippen LogP contribution < -0.4 is 0 Å². The van der Waals surface area contributed by atoms with Crippen molar-refractivity contribution in [3.05, 3.63) is 12.2 Å². The van der Waals surface area contributed by atoms with E-state index < -0.39 is 5.92 Å². The maximum atomic E-state index is 12.7. The lowest BCUT2D eigenvalue weighted by atomic mass is 10.0. The Morgan fingerprint density at radius 1 is 1.14 bits per heavy atom. The zero-order chi connectivity index (χ0) is 15.7. The van der Waals surface area contributed by atoms with Crippen molar-refractivity contribution in [2.45, 2.75) is 32.2 Å². The van der Waals surface area contributed by atoms with E-state index in [-0.39, 0.29) is 24.5 Å². The Bertz CT molecular complexity index is 402. The number of carbonyl (C=O) groups is 1. The van der Waals surface area contributed by atoms with Crippen molar-refractivity contribution >= 4 is 5.91 Å². The van der Waals surface area contributed by atoms with Crippen molar-refractivity contribution in [1.82, 2.24) is 14.7 Å². The van der Waals surface area contributed by atoms with Crippen LogP contribution in [-0.2, 0) is 4.79 Å². The molecule has 0 aromatic rings. The summed E-state index contributed by atoms with van der Waals surface area (Å²) in [5.41, 5.74) is 0.133. The minimum absolute atomic E-state index is 0.0177. The predicted octanol–water partition coefficient (Wildman–Crippen LogP) is 1.44. The summed E-state index contributed by atoms with van der Waals surface area (Å²) >= 11 is 0. The summed E-state index contributed by atoms with van der Waals surface area (Å²) in [6, 6.07) is 0. The van der Waals surface area contributed by atoms with Gasteiger partial charge in [0.2, 0.25) is 5.91 Å². The normalized spacial score (nSPS) is 24.3. The Labute approximate surface area is 125 Å². The molecular weight excluding hydrogens is 276 g/mol. The summed E-state index contributed by atoms with van der Waals surface area (Å²) < 4.78 is 25.3. The van der Waals surface area contributed by atoms with Gasteiger partial charge in [0.25, 0.3) is 5.92 Å². The van der Waals surface area contributed by atoms with Crippen LogP contribution >= 0.6 is 0 Å². The van der Waals surface area contributed by atoms with Crippen LogP contribution in [0.4, 0.5) is 8.78 Å². The second-order valence-electron chi connectivity index (χ2n) is 6.91. The van der Waals surface area contributed by atoms with Crippen LogP contribution in [0, 0.1) is 0 Å². The monoisotopic (exact) mass is 301 g/mol. The van der Waals surface area contributed by atoms with Gasteiger partial charge in [-0.05, 0) is 20.8 Å². The van der Waals surface area contributed by atoms with Gasteiger partial charge in [0.15, 0.2) is 0 Å². The van der Waals surface area contributed by atoms with E-state index in [0.717, 1.165) is 26.2 Å². The number of nitrogens with zero attached hydrogens (tertiary/aromatic N) is 3. The largest absolute Gasteiger partial charge is 0.337 e. The number of hydrogen-bond acceptors (Lipinski definition) is 3. The van der Waals surface area contributed by atoms with Crippen molar-refractivity contribution in [2.24, 2.45) is 0 Å². The molecule has 0 aromatic heterocycles. The fourth-order valence-electron chi connectivity index (χ4n) is 2.74. The average Bonchev–Trinajstić information content (AvgIpc) is 2.35. The van der Waals surface area contributed by atoms with E-state index in [2.05, 4.69) is 25.7 Å². The quantitative estimate of drug-likeness (QED) is 0.738. The Hall–Kier alpha value is -1.01. The van der Waals surface area contributed by atoms with Crippen LogP contribution in [0.1, 0.15) is 20.8 Å². The molecule has 6 heteroatoms. The number of carbonyl (C=O) groups excluding carboxylic acids is 1. The van der Waals surface area contributed by atoms with Crippen molar-refractivity contribution < 1.29 is 13.6 Å². The molecule has 2 heterocycles. The van der Waals surface area contributed by atoms with E-state index in [9.17, 15) is 13.6 Å². The summed E-state index contributed by atoms with van der Waals surface area (Å²) in [4.78, 5) is 17.8. The highest BCUT2D eigenvalue weighted by atomic mass is 19.3. The van der Waals surface area contributed by atoms with Gasteiger partial charge in [-0.3, -0.25) is 14.6 Å². The number of piperazine rings is 1. The molecule has 0 radical (unpaired) electrons. The molecule has 0 bridgehead atoms. The first-order chi connectivity index (χ1) is 9.67. The Kier molecular flexibility index (Phi) is 4.68. The van der Waals surface area contributed by atoms with Crippen LogP contribution in [0.25, 0.3) is 0 Å². The maximum Gasteiger partial charge on any atom is 0.272 e. The van der Waals surface area contributed by atoms with E-state index in [4.69, 9.17) is 0 Å². The van der Waals surface area contributed by atoms with Gasteiger partial charge in [0, 0.05) is 44.3 Å². The first-order valence-electron chi connectivity index (χ1n) is 7.48. The maximum absolute atomic E-state index is 12.7. The van der Waals surface area contributed by atoms with E-state index in [1.807, 2.05) is 4.90 Å². The molecule has 1 amide bonds. The molecule has 4 nitrogen and oxygen atoms in total. The Balaban J connectivity index is 1.70. The highest BCUT2D eigenvalue weighted by molar-refractivity contribution is 5.87.